The summed E-state index contributed by atoms with van der Waals surface area (Å²) in [6.45, 7) is 0. The molecule has 0 spiro atoms. The number of hydrogen-bond donors (Lipinski definition) is 3. The van der Waals surface area contributed by atoms with E-state index in [1.54, 1.807) is 0 Å². The molecule has 1 rings (SSSR count). The molecule has 0 bridgehead atoms. The minimum Gasteiger partial charge on any atom is -0.383 e. The normalized spacial score (nSPS) is 10.8. The maximum atomic E-state index is 10.7. The zero-order valence-electron chi connectivity index (χ0n) is 5.91. The van der Waals surface area contributed by atoms with Crippen LogP contribution >= 0.6 is 22.6 Å². The Hall–Kier alpha value is -1.12. The fourth-order valence-corrected chi connectivity index (χ4v) is 0.966. The summed E-state index contributed by atoms with van der Waals surface area (Å²) >= 11 is 1.91. The average Bonchev–Trinajstić information content (AvgIpc) is 1.96. The second-order valence-electron chi connectivity index (χ2n) is 1.92. The summed E-state index contributed by atoms with van der Waals surface area (Å²) in [5.74, 6) is 0.157. The van der Waals surface area contributed by atoms with Crippen LogP contribution in [-0.4, -0.2) is 14.2 Å². The van der Waals surface area contributed by atoms with Gasteiger partial charge in [-0.15, -0.1) is 0 Å². The Morgan fingerprint density at radius 1 is 1.58 bits per heavy atom. The van der Waals surface area contributed by atoms with Crippen LogP contribution < -0.4 is 17.2 Å². The zero-order valence-corrected chi connectivity index (χ0v) is 8.07. The highest BCUT2D eigenvalue weighted by Crippen LogP contribution is 2.22. The molecule has 0 aromatic carbocycles. The van der Waals surface area contributed by atoms with Gasteiger partial charge < -0.3 is 11.5 Å². The van der Waals surface area contributed by atoms with Crippen molar-refractivity contribution in [1.29, 1.82) is 0 Å². The number of nitrogens with two attached hydrogens (primary N) is 2. The van der Waals surface area contributed by atoms with Gasteiger partial charge in [0.05, 0.1) is 4.22 Å². The maximum Gasteiger partial charge on any atom is 0.348 e. The molecule has 0 saturated carbocycles. The van der Waals surface area contributed by atoms with Crippen LogP contribution in [-0.2, 0) is 0 Å². The van der Waals surface area contributed by atoms with E-state index in [-0.39, 0.29) is 11.6 Å². The maximum absolute atomic E-state index is 10.7. The number of aliphatic imine (C=N–C) groups is 1. The SMILES string of the molecule is Nc1nc(=O)[nH]c(N)c1N=CI. The molecule has 0 aliphatic rings. The van der Waals surface area contributed by atoms with Crippen LogP contribution in [0.1, 0.15) is 0 Å². The highest BCUT2D eigenvalue weighted by Gasteiger charge is 2.04. The lowest BCUT2D eigenvalue weighted by Crippen LogP contribution is -2.14. The third-order valence-electron chi connectivity index (χ3n) is 1.14. The fourth-order valence-electron chi connectivity index (χ4n) is 0.687. The quantitative estimate of drug-likeness (QED) is 0.497. The van der Waals surface area contributed by atoms with Crippen molar-refractivity contribution in [3.63, 3.8) is 0 Å². The predicted molar refractivity (Wildman–Crippen MR) is 55.9 cm³/mol. The molecule has 0 amide bonds. The number of hydrogen-bond acceptors (Lipinski definition) is 5. The van der Waals surface area contributed by atoms with E-state index in [2.05, 4.69) is 15.0 Å². The van der Waals surface area contributed by atoms with E-state index in [0.29, 0.717) is 5.69 Å². The second-order valence-corrected chi connectivity index (χ2v) is 2.47. The van der Waals surface area contributed by atoms with Crippen LogP contribution in [0.5, 0.6) is 0 Å². The molecule has 5 N–H and O–H groups in total. The van der Waals surface area contributed by atoms with Gasteiger partial charge in [-0.05, 0) is 22.6 Å². The third kappa shape index (κ3) is 1.72. The van der Waals surface area contributed by atoms with E-state index in [0.717, 1.165) is 0 Å². The highest BCUT2D eigenvalue weighted by molar-refractivity contribution is 14.1. The Bertz CT molecular complexity index is 344. The van der Waals surface area contributed by atoms with Crippen LogP contribution in [0.4, 0.5) is 17.3 Å². The number of anilines is 2. The largest absolute Gasteiger partial charge is 0.383 e. The molecule has 64 valence electrons. The molecular weight excluding hydrogens is 273 g/mol. The predicted octanol–water partition coefficient (Wildman–Crippen LogP) is 0.0291. The standard InChI is InChI=1S/C5H6IN5O/c6-1-9-2-3(7)10-5(12)11-4(2)8/h1H,(H5,7,8,10,11,12). The van der Waals surface area contributed by atoms with Gasteiger partial charge in [0.25, 0.3) is 0 Å². The van der Waals surface area contributed by atoms with Crippen molar-refractivity contribution in [1.82, 2.24) is 9.97 Å². The first-order chi connectivity index (χ1) is 5.65. The van der Waals surface area contributed by atoms with Gasteiger partial charge in [0.2, 0.25) is 0 Å². The number of H-pyrrole nitrogens is 1. The molecule has 0 unspecified atom stereocenters. The van der Waals surface area contributed by atoms with Gasteiger partial charge in [0, 0.05) is 0 Å². The van der Waals surface area contributed by atoms with E-state index >= 15 is 0 Å². The van der Waals surface area contributed by atoms with Crippen LogP contribution in [0, 0.1) is 0 Å². The number of aromatic amines is 1. The number of halogens is 1. The Morgan fingerprint density at radius 2 is 2.25 bits per heavy atom. The van der Waals surface area contributed by atoms with Gasteiger partial charge in [0.15, 0.2) is 5.82 Å². The van der Waals surface area contributed by atoms with Crippen LogP contribution in [0.3, 0.4) is 0 Å². The topological polar surface area (TPSA) is 110 Å². The van der Waals surface area contributed by atoms with Crippen LogP contribution in [0.2, 0.25) is 0 Å². The van der Waals surface area contributed by atoms with Crippen molar-refractivity contribution < 1.29 is 0 Å². The minimum absolute atomic E-state index is 0.0316. The Kier molecular flexibility index (Phi) is 2.63. The van der Waals surface area contributed by atoms with Gasteiger partial charge in [-0.1, -0.05) is 0 Å². The van der Waals surface area contributed by atoms with E-state index in [1.807, 2.05) is 22.6 Å². The smallest absolute Gasteiger partial charge is 0.348 e. The first-order valence-corrected chi connectivity index (χ1v) is 4.17. The molecule has 0 aliphatic heterocycles. The number of rotatable bonds is 1. The van der Waals surface area contributed by atoms with Crippen molar-refractivity contribution in [3.8, 4) is 0 Å². The number of aromatic nitrogens is 2. The number of nitrogens with zero attached hydrogens (tertiary/aromatic N) is 2. The molecule has 1 heterocycles. The molecule has 7 heteroatoms. The molecule has 1 aromatic heterocycles. The summed E-state index contributed by atoms with van der Waals surface area (Å²) in [5, 5.41) is 0. The first-order valence-electron chi connectivity index (χ1n) is 2.93. The minimum atomic E-state index is -0.572. The Balaban J connectivity index is 3.38. The zero-order chi connectivity index (χ0) is 9.14. The first kappa shape index (κ1) is 8.97. The summed E-state index contributed by atoms with van der Waals surface area (Å²) in [7, 11) is 0. The van der Waals surface area contributed by atoms with E-state index in [1.165, 1.54) is 4.22 Å². The van der Waals surface area contributed by atoms with Crippen molar-refractivity contribution >= 4 is 44.1 Å². The van der Waals surface area contributed by atoms with Crippen molar-refractivity contribution in [2.45, 2.75) is 0 Å². The summed E-state index contributed by atoms with van der Waals surface area (Å²) in [5.41, 5.74) is 10.5. The second kappa shape index (κ2) is 3.52. The number of nitrogens with one attached hydrogen (secondary N) is 1. The molecule has 0 atom stereocenters. The van der Waals surface area contributed by atoms with Crippen LogP contribution in [0.15, 0.2) is 9.79 Å². The molecule has 1 aromatic rings. The molecule has 0 aliphatic carbocycles. The van der Waals surface area contributed by atoms with E-state index in [4.69, 9.17) is 11.5 Å². The Labute approximate surface area is 81.2 Å². The third-order valence-corrected chi connectivity index (χ3v) is 1.42. The molecular formula is C5H6IN5O. The lowest BCUT2D eigenvalue weighted by Gasteiger charge is -1.99. The summed E-state index contributed by atoms with van der Waals surface area (Å²) in [4.78, 5) is 20.2. The molecule has 0 fully saturated rings. The van der Waals surface area contributed by atoms with Crippen molar-refractivity contribution in [2.75, 3.05) is 11.5 Å². The van der Waals surface area contributed by atoms with Crippen molar-refractivity contribution in [3.05, 3.63) is 10.5 Å². The summed E-state index contributed by atoms with van der Waals surface area (Å²) in [6, 6.07) is 0. The van der Waals surface area contributed by atoms with Gasteiger partial charge in [-0.25, -0.2) is 9.79 Å². The Morgan fingerprint density at radius 3 is 2.75 bits per heavy atom. The fraction of sp³-hybridized carbons (Fsp3) is 0. The monoisotopic (exact) mass is 279 g/mol. The van der Waals surface area contributed by atoms with Gasteiger partial charge in [0.1, 0.15) is 11.5 Å². The molecule has 0 saturated heterocycles. The van der Waals surface area contributed by atoms with Crippen LogP contribution in [0.25, 0.3) is 0 Å². The van der Waals surface area contributed by atoms with Gasteiger partial charge in [-0.2, -0.15) is 4.98 Å². The van der Waals surface area contributed by atoms with Gasteiger partial charge >= 0.3 is 5.69 Å². The average molecular weight is 279 g/mol. The van der Waals surface area contributed by atoms with Gasteiger partial charge in [-0.3, -0.25) is 4.98 Å². The summed E-state index contributed by atoms with van der Waals surface area (Å²) in [6.07, 6.45) is 0. The van der Waals surface area contributed by atoms with Crippen molar-refractivity contribution in [2.24, 2.45) is 4.99 Å². The van der Waals surface area contributed by atoms with E-state index < -0.39 is 5.69 Å². The summed E-state index contributed by atoms with van der Waals surface area (Å²) < 4.78 is 1.49. The molecule has 6 nitrogen and oxygen atoms in total. The molecule has 0 radical (unpaired) electrons. The highest BCUT2D eigenvalue weighted by atomic mass is 127. The lowest BCUT2D eigenvalue weighted by molar-refractivity contribution is 1.09. The lowest BCUT2D eigenvalue weighted by atomic mass is 10.4. The van der Waals surface area contributed by atoms with E-state index in [9.17, 15) is 4.79 Å². The number of nitrogen functional groups attached to an aromatic ring is 2. The molecule has 12 heavy (non-hydrogen) atoms.